The van der Waals surface area contributed by atoms with Crippen LogP contribution in [0.3, 0.4) is 0 Å². The Bertz CT molecular complexity index is 640. The molecule has 0 N–H and O–H groups in total. The van der Waals surface area contributed by atoms with Crippen molar-refractivity contribution in [1.29, 1.82) is 0 Å². The van der Waals surface area contributed by atoms with Crippen molar-refractivity contribution in [2.45, 2.75) is 64.9 Å². The van der Waals surface area contributed by atoms with Gasteiger partial charge in [-0.2, -0.15) is 0 Å². The number of fused-ring (bicyclic) bond motifs is 5. The van der Waals surface area contributed by atoms with E-state index in [2.05, 4.69) is 13.8 Å². The first-order valence-electron chi connectivity index (χ1n) is 9.95. The van der Waals surface area contributed by atoms with Crippen molar-refractivity contribution in [3.8, 4) is 0 Å². The maximum Gasteiger partial charge on any atom is 0.180 e. The lowest BCUT2D eigenvalue weighted by Crippen LogP contribution is -2.53. The zero-order valence-electron chi connectivity index (χ0n) is 16.1. The molecule has 5 nitrogen and oxygen atoms in total. The largest absolute Gasteiger partial charge is 0.355 e. The molecule has 0 aromatic heterocycles. The van der Waals surface area contributed by atoms with Crippen LogP contribution >= 0.6 is 0 Å². The molecule has 6 atom stereocenters. The Balaban J connectivity index is 1.58. The van der Waals surface area contributed by atoms with Crippen molar-refractivity contribution in [1.82, 2.24) is 0 Å². The number of ketones is 2. The molecule has 144 valence electrons. The third-order valence-electron chi connectivity index (χ3n) is 7.98. The van der Waals surface area contributed by atoms with Gasteiger partial charge in [-0.15, -0.1) is 0 Å². The van der Waals surface area contributed by atoms with E-state index in [-0.39, 0.29) is 41.3 Å². The predicted molar refractivity (Wildman–Crippen MR) is 94.9 cm³/mol. The molecule has 0 aliphatic heterocycles. The summed E-state index contributed by atoms with van der Waals surface area (Å²) in [5.41, 5.74) is 0.994. The highest BCUT2D eigenvalue weighted by atomic mass is 17.2. The first kappa shape index (κ1) is 18.3. The molecule has 3 saturated carbocycles. The van der Waals surface area contributed by atoms with Crippen molar-refractivity contribution < 1.29 is 24.1 Å². The number of ether oxygens (including phenoxy) is 1. The van der Waals surface area contributed by atoms with E-state index in [4.69, 9.17) is 14.5 Å². The molecule has 0 aromatic rings. The minimum Gasteiger partial charge on any atom is -0.355 e. The lowest BCUT2D eigenvalue weighted by Gasteiger charge is -2.55. The van der Waals surface area contributed by atoms with Crippen LogP contribution < -0.4 is 0 Å². The molecule has 0 aromatic carbocycles. The number of Topliss-reactive ketones (excluding diaryl/α,β-unsaturated/α-hetero) is 1. The lowest BCUT2D eigenvalue weighted by atomic mass is 9.48. The van der Waals surface area contributed by atoms with E-state index in [1.165, 1.54) is 5.57 Å². The Kier molecular flexibility index (Phi) is 4.61. The average molecular weight is 362 g/mol. The SMILES string of the molecule is COCOO[C@H]1CC[C@@]2(C)C(=CC(=O)C3C2CC[C@]2(C)C(=O)CCC32)C1. The second-order valence-corrected chi connectivity index (χ2v) is 9.13. The van der Waals surface area contributed by atoms with Crippen molar-refractivity contribution in [2.75, 3.05) is 13.9 Å². The van der Waals surface area contributed by atoms with Crippen LogP contribution in [0, 0.1) is 28.6 Å². The molecule has 3 unspecified atom stereocenters. The van der Waals surface area contributed by atoms with Crippen LogP contribution in [-0.2, 0) is 24.1 Å². The third kappa shape index (κ3) is 2.62. The highest BCUT2D eigenvalue weighted by molar-refractivity contribution is 5.96. The van der Waals surface area contributed by atoms with Crippen LogP contribution in [0.5, 0.6) is 0 Å². The molecule has 3 fully saturated rings. The number of carbonyl (C=O) groups is 2. The number of methoxy groups -OCH3 is 1. The maximum atomic E-state index is 13.1. The van der Waals surface area contributed by atoms with E-state index < -0.39 is 0 Å². The summed E-state index contributed by atoms with van der Waals surface area (Å²) in [6.45, 7) is 4.55. The van der Waals surface area contributed by atoms with Crippen molar-refractivity contribution in [3.63, 3.8) is 0 Å². The summed E-state index contributed by atoms with van der Waals surface area (Å²) in [6.07, 6.45) is 8.00. The molecule has 26 heavy (non-hydrogen) atoms. The van der Waals surface area contributed by atoms with Crippen molar-refractivity contribution >= 4 is 11.6 Å². The molecule has 0 radical (unpaired) electrons. The number of allylic oxidation sites excluding steroid dienone is 1. The highest BCUT2D eigenvalue weighted by Gasteiger charge is 2.61. The van der Waals surface area contributed by atoms with E-state index >= 15 is 0 Å². The van der Waals surface area contributed by atoms with E-state index in [9.17, 15) is 9.59 Å². The van der Waals surface area contributed by atoms with Crippen LogP contribution in [0.4, 0.5) is 0 Å². The zero-order valence-corrected chi connectivity index (χ0v) is 16.1. The van der Waals surface area contributed by atoms with Crippen LogP contribution in [0.25, 0.3) is 0 Å². The highest BCUT2D eigenvalue weighted by Crippen LogP contribution is 2.63. The Morgan fingerprint density at radius 3 is 2.58 bits per heavy atom. The topological polar surface area (TPSA) is 61.8 Å². The van der Waals surface area contributed by atoms with Crippen LogP contribution in [0.15, 0.2) is 11.6 Å². The zero-order chi connectivity index (χ0) is 18.5. The monoisotopic (exact) mass is 362 g/mol. The first-order chi connectivity index (χ1) is 12.4. The van der Waals surface area contributed by atoms with Crippen LogP contribution in [-0.4, -0.2) is 31.6 Å². The Morgan fingerprint density at radius 2 is 1.81 bits per heavy atom. The molecule has 0 bridgehead atoms. The van der Waals surface area contributed by atoms with E-state index in [0.717, 1.165) is 38.5 Å². The normalized spacial score (nSPS) is 45.0. The molecule has 4 aliphatic carbocycles. The molecule has 0 saturated heterocycles. The number of rotatable bonds is 4. The molecule has 4 aliphatic rings. The van der Waals surface area contributed by atoms with Gasteiger partial charge in [-0.1, -0.05) is 19.4 Å². The molecule has 0 heterocycles. The van der Waals surface area contributed by atoms with Gasteiger partial charge in [0.25, 0.3) is 0 Å². The van der Waals surface area contributed by atoms with Gasteiger partial charge in [0.15, 0.2) is 12.6 Å². The quantitative estimate of drug-likeness (QED) is 0.331. The van der Waals surface area contributed by atoms with Crippen molar-refractivity contribution in [2.24, 2.45) is 28.6 Å². The summed E-state index contributed by atoms with van der Waals surface area (Å²) in [4.78, 5) is 36.1. The summed E-state index contributed by atoms with van der Waals surface area (Å²) in [7, 11) is 1.56. The standard InChI is InChI=1S/C21H30O5/c1-20-8-6-14(26-25-12-24-3)10-13(20)11-17(22)19-15-4-5-18(23)21(15,2)9-7-16(19)20/h11,14-16,19H,4-10,12H2,1-3H3/t14-,15?,16?,19?,20-,21-/m0/s1. The maximum absolute atomic E-state index is 13.1. The smallest absolute Gasteiger partial charge is 0.180 e. The summed E-state index contributed by atoms with van der Waals surface area (Å²) in [6, 6.07) is 0. The number of carbonyl (C=O) groups excluding carboxylic acids is 2. The molecule has 4 rings (SSSR count). The van der Waals surface area contributed by atoms with Gasteiger partial charge in [-0.25, -0.2) is 9.78 Å². The van der Waals surface area contributed by atoms with Gasteiger partial charge in [0, 0.05) is 24.9 Å². The third-order valence-corrected chi connectivity index (χ3v) is 7.98. The Labute approximate surface area is 155 Å². The Morgan fingerprint density at radius 1 is 1.08 bits per heavy atom. The summed E-state index contributed by atoms with van der Waals surface area (Å²) in [5, 5.41) is 0. The Hall–Kier alpha value is -1.04. The van der Waals surface area contributed by atoms with E-state index in [1.807, 2.05) is 6.08 Å². The van der Waals surface area contributed by atoms with Crippen LogP contribution in [0.1, 0.15) is 58.8 Å². The fourth-order valence-corrected chi connectivity index (χ4v) is 6.40. The minimum absolute atomic E-state index is 0.0178. The fraction of sp³-hybridized carbons (Fsp3) is 0.810. The minimum atomic E-state index is -0.271. The fourth-order valence-electron chi connectivity index (χ4n) is 6.40. The molecular formula is C21H30O5. The van der Waals surface area contributed by atoms with Gasteiger partial charge in [0.1, 0.15) is 5.78 Å². The van der Waals surface area contributed by atoms with Gasteiger partial charge >= 0.3 is 0 Å². The predicted octanol–water partition coefficient (Wildman–Crippen LogP) is 3.62. The van der Waals surface area contributed by atoms with E-state index in [0.29, 0.717) is 18.1 Å². The summed E-state index contributed by atoms with van der Waals surface area (Å²) >= 11 is 0. The van der Waals surface area contributed by atoms with Gasteiger partial charge < -0.3 is 4.74 Å². The molecule has 5 heteroatoms. The lowest BCUT2D eigenvalue weighted by molar-refractivity contribution is -0.360. The summed E-state index contributed by atoms with van der Waals surface area (Å²) < 4.78 is 4.86. The van der Waals surface area contributed by atoms with Crippen molar-refractivity contribution in [3.05, 3.63) is 11.6 Å². The van der Waals surface area contributed by atoms with Gasteiger partial charge in [-0.05, 0) is 61.9 Å². The molecule has 0 amide bonds. The summed E-state index contributed by atoms with van der Waals surface area (Å²) in [5.74, 6) is 1.23. The van der Waals surface area contributed by atoms with Gasteiger partial charge in [-0.3, -0.25) is 9.59 Å². The first-order valence-corrected chi connectivity index (χ1v) is 9.95. The average Bonchev–Trinajstić information content (AvgIpc) is 2.92. The van der Waals surface area contributed by atoms with Gasteiger partial charge in [0.05, 0.1) is 6.10 Å². The number of hydrogen-bond acceptors (Lipinski definition) is 5. The second-order valence-electron chi connectivity index (χ2n) is 9.13. The second kappa shape index (κ2) is 6.54. The van der Waals surface area contributed by atoms with Crippen LogP contribution in [0.2, 0.25) is 0 Å². The van der Waals surface area contributed by atoms with Gasteiger partial charge in [0.2, 0.25) is 0 Å². The number of hydrogen-bond donors (Lipinski definition) is 0. The molecule has 0 spiro atoms. The molecular weight excluding hydrogens is 332 g/mol. The van der Waals surface area contributed by atoms with E-state index in [1.54, 1.807) is 7.11 Å².